The van der Waals surface area contributed by atoms with E-state index in [1.165, 1.54) is 24.0 Å². The number of hydrogen-bond acceptors (Lipinski definition) is 9. The number of unbranched alkanes of at least 4 members (excludes halogenated alkanes) is 1. The van der Waals surface area contributed by atoms with Crippen LogP contribution in [0.15, 0.2) is 88.0 Å². The molecule has 10 nitrogen and oxygen atoms in total. The Morgan fingerprint density at radius 3 is 2.23 bits per heavy atom. The number of nitrogens with zero attached hydrogens (tertiary/aromatic N) is 2. The number of aryl methyl sites for hydroxylation is 1. The molecule has 3 aromatic carbocycles. The maximum atomic E-state index is 12.1. The minimum absolute atomic E-state index is 0.0465. The second-order valence-corrected chi connectivity index (χ2v) is 17.8. The third kappa shape index (κ3) is 17.6. The Morgan fingerprint density at radius 1 is 1.05 bits per heavy atom. The highest BCUT2D eigenvalue weighted by molar-refractivity contribution is 7.84. The van der Waals surface area contributed by atoms with Crippen LogP contribution in [0.3, 0.4) is 0 Å². The number of thiol groups is 1. The average molecular weight is 919 g/mol. The van der Waals surface area contributed by atoms with E-state index in [9.17, 15) is 24.4 Å². The molecule has 0 aromatic heterocycles. The van der Waals surface area contributed by atoms with E-state index in [1.54, 1.807) is 25.2 Å². The van der Waals surface area contributed by atoms with Gasteiger partial charge in [-0.15, -0.1) is 12.6 Å². The smallest absolute Gasteiger partial charge is 0.224 e. The van der Waals surface area contributed by atoms with Crippen LogP contribution >= 0.6 is 12.6 Å². The van der Waals surface area contributed by atoms with E-state index in [2.05, 4.69) is 86.3 Å². The molecule has 1 saturated heterocycles. The number of methoxy groups -OCH3 is 1. The summed E-state index contributed by atoms with van der Waals surface area (Å²) in [6, 6.07) is 20.6. The van der Waals surface area contributed by atoms with Gasteiger partial charge in [-0.1, -0.05) is 92.2 Å². The van der Waals surface area contributed by atoms with Crippen LogP contribution < -0.4 is 20.1 Å². The van der Waals surface area contributed by atoms with Gasteiger partial charge in [0.1, 0.15) is 17.7 Å². The number of ketones is 1. The normalized spacial score (nSPS) is 14.8. The van der Waals surface area contributed by atoms with E-state index in [1.807, 2.05) is 78.8 Å². The first-order chi connectivity index (χ1) is 31.5. The molecule has 1 saturated carbocycles. The minimum atomic E-state index is -0.233. The fourth-order valence-electron chi connectivity index (χ4n) is 6.78. The molecule has 2 aliphatic rings. The predicted octanol–water partition coefficient (Wildman–Crippen LogP) is 12.8. The number of nitrogens with one attached hydrogen (secondary N) is 2. The van der Waals surface area contributed by atoms with E-state index in [-0.39, 0.29) is 28.9 Å². The number of hydrogen-bond donors (Lipinski definition) is 3. The lowest BCUT2D eigenvalue weighted by Crippen LogP contribution is -2.31. The molecule has 2 unspecified atom stereocenters. The van der Waals surface area contributed by atoms with E-state index in [0.29, 0.717) is 42.2 Å². The van der Waals surface area contributed by atoms with Crippen LogP contribution in [-0.4, -0.2) is 43.5 Å². The molecule has 2 atom stereocenters. The first-order valence-electron chi connectivity index (χ1n) is 23.3. The second kappa shape index (κ2) is 29.1. The van der Waals surface area contributed by atoms with Crippen LogP contribution in [0, 0.1) is 23.2 Å². The van der Waals surface area contributed by atoms with Gasteiger partial charge in [-0.2, -0.15) is 5.26 Å². The lowest BCUT2D eigenvalue weighted by molar-refractivity contribution is -0.121. The number of rotatable bonds is 17. The summed E-state index contributed by atoms with van der Waals surface area (Å²) in [5.41, 5.74) is 9.14. The molecule has 5 rings (SSSR count). The first-order valence-corrected chi connectivity index (χ1v) is 23.8. The number of benzene rings is 3. The van der Waals surface area contributed by atoms with Crippen molar-refractivity contribution in [3.63, 3.8) is 0 Å². The van der Waals surface area contributed by atoms with Gasteiger partial charge in [0.25, 0.3) is 0 Å². The van der Waals surface area contributed by atoms with Crippen LogP contribution in [0.2, 0.25) is 0 Å². The molecular weight excluding hydrogens is 845 g/mol. The Morgan fingerprint density at radius 2 is 1.73 bits per heavy atom. The third-order valence-electron chi connectivity index (χ3n) is 11.7. The Balaban J connectivity index is 0.000000329. The van der Waals surface area contributed by atoms with Crippen LogP contribution in [0.5, 0.6) is 11.5 Å². The van der Waals surface area contributed by atoms with Gasteiger partial charge in [0, 0.05) is 40.6 Å². The molecule has 66 heavy (non-hydrogen) atoms. The zero-order valence-electron chi connectivity index (χ0n) is 41.5. The predicted molar refractivity (Wildman–Crippen MR) is 274 cm³/mol. The van der Waals surface area contributed by atoms with Crippen molar-refractivity contribution < 1.29 is 28.7 Å². The van der Waals surface area contributed by atoms with Gasteiger partial charge >= 0.3 is 0 Å². The minimum Gasteiger partial charge on any atom is -0.493 e. The Bertz CT molecular complexity index is 2250. The van der Waals surface area contributed by atoms with Gasteiger partial charge in [-0.3, -0.25) is 14.4 Å². The van der Waals surface area contributed by atoms with E-state index in [0.717, 1.165) is 83.1 Å². The van der Waals surface area contributed by atoms with Crippen LogP contribution in [0.1, 0.15) is 172 Å². The van der Waals surface area contributed by atoms with Gasteiger partial charge in [0.2, 0.25) is 12.3 Å². The van der Waals surface area contributed by atoms with Crippen molar-refractivity contribution in [3.05, 3.63) is 116 Å². The van der Waals surface area contributed by atoms with Crippen LogP contribution in [0.25, 0.3) is 0 Å². The summed E-state index contributed by atoms with van der Waals surface area (Å²) in [6.07, 6.45) is 13.1. The van der Waals surface area contributed by atoms with Gasteiger partial charge in [-0.05, 0) is 136 Å². The molecule has 11 heteroatoms. The maximum absolute atomic E-state index is 12.1. The number of amides is 2. The fourth-order valence-corrected chi connectivity index (χ4v) is 6.91. The molecule has 2 amide bonds. The molecule has 1 aliphatic heterocycles. The van der Waals surface area contributed by atoms with E-state index in [4.69, 9.17) is 9.47 Å². The van der Waals surface area contributed by atoms with Crippen molar-refractivity contribution in [2.24, 2.45) is 16.8 Å². The lowest BCUT2D eigenvalue weighted by atomic mass is 9.77. The average Bonchev–Trinajstić information content (AvgIpc) is 4.18. The maximum Gasteiger partial charge on any atom is 0.224 e. The highest BCUT2D eigenvalue weighted by Crippen LogP contribution is 2.43. The van der Waals surface area contributed by atoms with Gasteiger partial charge < -0.3 is 20.1 Å². The first kappa shape index (κ1) is 56.4. The van der Waals surface area contributed by atoms with Crippen LogP contribution in [0.4, 0.5) is 5.69 Å². The molecule has 1 heterocycles. The molecule has 2 N–H and O–H groups in total. The largest absolute Gasteiger partial charge is 0.493 e. The fraction of sp³-hybridized carbons (Fsp3) is 0.473. The third-order valence-corrected chi connectivity index (χ3v) is 12.2. The highest BCUT2D eigenvalue weighted by Gasteiger charge is 2.28. The molecular formula is C55H74N4O6S. The summed E-state index contributed by atoms with van der Waals surface area (Å²) in [6.45, 7) is 23.0. The molecule has 356 valence electrons. The number of Topliss-reactive ketones (excluding diaryl/α,β-unsaturated/α-hetero) is 1. The number of anilines is 1. The number of nitriles is 1. The number of piperidine rings is 1. The second-order valence-electron chi connectivity index (χ2n) is 17.3. The number of carbonyl (C=O) groups is 3. The topological polar surface area (TPSA) is 147 Å². The lowest BCUT2D eigenvalue weighted by Gasteiger charge is -2.28. The van der Waals surface area contributed by atoms with Crippen molar-refractivity contribution in [1.29, 1.82) is 5.26 Å². The summed E-state index contributed by atoms with van der Waals surface area (Å²) in [5, 5.41) is 15.6. The standard InChI is InChI=1S/C24H29NO2.C14H19NO2.C10H17NS.C7H9NO2/c1-5-6-13-27-23-19(16-25)14-21(15-22(23)26-4)24(2,3)20-11-9-18(10-12-20)17-7-8-17;1-4-10(3)14(17)13-7-6-12(15-9-16)8-11(13)5-2;1-5-7-9(6-2)11-10(12)8(3)4;1-5-2-3-7(10)8-6(5)4-9/h9-12,14-15,17H,5-8,13H2,1-4H3;6-10H,4-5H2,1-3H3,(H,15,16);5,7,12H,6H2,1-4H3;5H,2-3H2,1H3,(H,8,10)/b;;7-5-,11-9-;. The number of allylic oxidation sites excluding steroid dienone is 4. The summed E-state index contributed by atoms with van der Waals surface area (Å²) >= 11 is 4.27. The van der Waals surface area contributed by atoms with Crippen molar-refractivity contribution >= 4 is 48.1 Å². The Hall–Kier alpha value is -5.69. The summed E-state index contributed by atoms with van der Waals surface area (Å²) in [7, 11) is 1.63. The van der Waals surface area contributed by atoms with Gasteiger partial charge in [0.15, 0.2) is 17.3 Å². The SMILES string of the molecule is C/C=C\C(CC)=N/C(S)=C(C)C.CC1CCC(=O)NC1=C=O.CCCCOc1c(C#N)cc(C(C)(C)c2ccc(C3CC3)cc2)cc1OC.CCc1cc(NC=O)ccc1C(=O)C(C)CC. The molecule has 2 fully saturated rings. The van der Waals surface area contributed by atoms with E-state index < -0.39 is 0 Å². The Labute approximate surface area is 400 Å². The molecule has 0 spiro atoms. The number of aliphatic imine (C=N–C) groups is 1. The summed E-state index contributed by atoms with van der Waals surface area (Å²) in [4.78, 5) is 47.7. The van der Waals surface area contributed by atoms with Crippen molar-refractivity contribution in [2.75, 3.05) is 19.0 Å². The number of ether oxygens (including phenoxy) is 2. The summed E-state index contributed by atoms with van der Waals surface area (Å²) < 4.78 is 11.4. The van der Waals surface area contributed by atoms with E-state index >= 15 is 0 Å². The van der Waals surface area contributed by atoms with Crippen molar-refractivity contribution in [3.8, 4) is 17.6 Å². The Kier molecular flexibility index (Phi) is 24.8. The van der Waals surface area contributed by atoms with Crippen molar-refractivity contribution in [2.45, 2.75) is 145 Å². The highest BCUT2D eigenvalue weighted by atomic mass is 32.1. The van der Waals surface area contributed by atoms with Gasteiger partial charge in [-0.25, -0.2) is 9.79 Å². The summed E-state index contributed by atoms with van der Waals surface area (Å²) in [5.74, 6) is 3.97. The zero-order chi connectivity index (χ0) is 49.4. The number of carbonyl (C=O) groups excluding carboxylic acids is 4. The van der Waals surface area contributed by atoms with Crippen molar-refractivity contribution in [1.82, 2.24) is 5.32 Å². The molecule has 3 aromatic rings. The van der Waals surface area contributed by atoms with Crippen LogP contribution in [-0.2, 0) is 26.2 Å². The molecule has 1 aliphatic carbocycles. The molecule has 0 radical (unpaired) electrons. The monoisotopic (exact) mass is 919 g/mol. The van der Waals surface area contributed by atoms with Gasteiger partial charge in [0.05, 0.1) is 24.3 Å². The zero-order valence-corrected chi connectivity index (χ0v) is 42.4. The molecule has 0 bridgehead atoms. The quantitative estimate of drug-likeness (QED) is 0.0305.